The molecule has 1 atom stereocenters. The molecule has 13 heavy (non-hydrogen) atoms. The summed E-state index contributed by atoms with van der Waals surface area (Å²) in [6.07, 6.45) is 3.77. The Morgan fingerprint density at radius 3 is 2.62 bits per heavy atom. The molecule has 0 saturated heterocycles. The highest BCUT2D eigenvalue weighted by Gasteiger charge is 2.27. The van der Waals surface area contributed by atoms with Crippen molar-refractivity contribution in [1.82, 2.24) is 0 Å². The van der Waals surface area contributed by atoms with Gasteiger partial charge in [0.15, 0.2) is 0 Å². The summed E-state index contributed by atoms with van der Waals surface area (Å²) in [7, 11) is 0. The van der Waals surface area contributed by atoms with Gasteiger partial charge in [-0.1, -0.05) is 26.8 Å². The molecule has 0 aromatic heterocycles. The van der Waals surface area contributed by atoms with E-state index in [9.17, 15) is 9.90 Å². The van der Waals surface area contributed by atoms with Crippen LogP contribution in [0.15, 0.2) is 12.7 Å². The lowest BCUT2D eigenvalue weighted by Gasteiger charge is -2.25. The fourth-order valence-electron chi connectivity index (χ4n) is 0.982. The van der Waals surface area contributed by atoms with Crippen LogP contribution in [0.25, 0.3) is 0 Å². The third-order valence-electron chi connectivity index (χ3n) is 1.93. The molecule has 0 aliphatic carbocycles. The predicted molar refractivity (Wildman–Crippen MR) is 51.1 cm³/mol. The number of carbonyl (C=O) groups excluding carboxylic acids is 1. The van der Waals surface area contributed by atoms with E-state index in [1.165, 1.54) is 0 Å². The smallest absolute Gasteiger partial charge is 0.332 e. The van der Waals surface area contributed by atoms with Gasteiger partial charge < -0.3 is 9.84 Å². The monoisotopic (exact) mass is 186 g/mol. The second-order valence-electron chi connectivity index (χ2n) is 3.03. The van der Waals surface area contributed by atoms with E-state index in [0.29, 0.717) is 12.8 Å². The first-order valence-electron chi connectivity index (χ1n) is 4.65. The second kappa shape index (κ2) is 5.75. The van der Waals surface area contributed by atoms with E-state index in [1.54, 1.807) is 6.92 Å². The number of carbonyl (C=O) groups is 1. The standard InChI is InChI=1S/C10H18O3/c1-4-7-8-10(12,6-3)13-9(11)5-2/h5,12H,2,4,6-8H2,1,3H3. The number of hydrogen-bond donors (Lipinski definition) is 1. The van der Waals surface area contributed by atoms with Gasteiger partial charge >= 0.3 is 5.97 Å². The van der Waals surface area contributed by atoms with Crippen molar-refractivity contribution in [2.24, 2.45) is 0 Å². The minimum absolute atomic E-state index is 0.409. The van der Waals surface area contributed by atoms with Crippen LogP contribution in [0.5, 0.6) is 0 Å². The zero-order valence-electron chi connectivity index (χ0n) is 8.38. The van der Waals surface area contributed by atoms with Crippen molar-refractivity contribution in [2.75, 3.05) is 0 Å². The Kier molecular flexibility index (Phi) is 5.39. The van der Waals surface area contributed by atoms with Crippen LogP contribution in [0.1, 0.15) is 39.5 Å². The maximum absolute atomic E-state index is 10.8. The molecule has 0 radical (unpaired) electrons. The molecule has 3 nitrogen and oxygen atoms in total. The first-order chi connectivity index (χ1) is 6.08. The van der Waals surface area contributed by atoms with Crippen molar-refractivity contribution in [3.8, 4) is 0 Å². The third-order valence-corrected chi connectivity index (χ3v) is 1.93. The predicted octanol–water partition coefficient (Wildman–Crippen LogP) is 2.00. The van der Waals surface area contributed by atoms with Gasteiger partial charge in [-0.05, 0) is 6.42 Å². The molecule has 0 fully saturated rings. The summed E-state index contributed by atoms with van der Waals surface area (Å²) >= 11 is 0. The zero-order chi connectivity index (χ0) is 10.3. The van der Waals surface area contributed by atoms with Crippen molar-refractivity contribution in [3.05, 3.63) is 12.7 Å². The molecule has 0 aliphatic heterocycles. The van der Waals surface area contributed by atoms with E-state index in [2.05, 4.69) is 6.58 Å². The maximum Gasteiger partial charge on any atom is 0.332 e. The van der Waals surface area contributed by atoms with Gasteiger partial charge in [-0.25, -0.2) is 4.79 Å². The Bertz CT molecular complexity index is 177. The first kappa shape index (κ1) is 12.2. The fourth-order valence-corrected chi connectivity index (χ4v) is 0.982. The van der Waals surface area contributed by atoms with Crippen LogP contribution >= 0.6 is 0 Å². The largest absolute Gasteiger partial charge is 0.430 e. The normalized spacial score (nSPS) is 14.7. The highest BCUT2D eigenvalue weighted by atomic mass is 16.7. The second-order valence-corrected chi connectivity index (χ2v) is 3.03. The van der Waals surface area contributed by atoms with Crippen molar-refractivity contribution in [3.63, 3.8) is 0 Å². The van der Waals surface area contributed by atoms with Crippen LogP contribution in [0.2, 0.25) is 0 Å². The van der Waals surface area contributed by atoms with Crippen LogP contribution in [-0.2, 0) is 9.53 Å². The summed E-state index contributed by atoms with van der Waals surface area (Å²) in [4.78, 5) is 10.8. The lowest BCUT2D eigenvalue weighted by Crippen LogP contribution is -2.33. The molecule has 0 aromatic rings. The van der Waals surface area contributed by atoms with Gasteiger partial charge in [-0.3, -0.25) is 0 Å². The average Bonchev–Trinajstić information content (AvgIpc) is 2.14. The molecule has 0 aromatic carbocycles. The van der Waals surface area contributed by atoms with E-state index in [0.717, 1.165) is 18.9 Å². The van der Waals surface area contributed by atoms with E-state index in [4.69, 9.17) is 4.74 Å². The molecule has 0 rings (SSSR count). The number of rotatable bonds is 6. The van der Waals surface area contributed by atoms with Crippen molar-refractivity contribution < 1.29 is 14.6 Å². The number of ether oxygens (including phenoxy) is 1. The topological polar surface area (TPSA) is 46.5 Å². The van der Waals surface area contributed by atoms with Gasteiger partial charge in [-0.15, -0.1) is 0 Å². The highest BCUT2D eigenvalue weighted by Crippen LogP contribution is 2.20. The van der Waals surface area contributed by atoms with E-state index in [-0.39, 0.29) is 0 Å². The lowest BCUT2D eigenvalue weighted by atomic mass is 10.1. The molecule has 0 amide bonds. The van der Waals surface area contributed by atoms with Crippen LogP contribution < -0.4 is 0 Å². The van der Waals surface area contributed by atoms with E-state index in [1.807, 2.05) is 6.92 Å². The fraction of sp³-hybridized carbons (Fsp3) is 0.700. The van der Waals surface area contributed by atoms with Crippen molar-refractivity contribution >= 4 is 5.97 Å². The number of aliphatic hydroxyl groups is 1. The Hall–Kier alpha value is -0.830. The van der Waals surface area contributed by atoms with E-state index >= 15 is 0 Å². The maximum atomic E-state index is 10.8. The highest BCUT2D eigenvalue weighted by molar-refractivity contribution is 5.81. The summed E-state index contributed by atoms with van der Waals surface area (Å²) in [5, 5.41) is 9.76. The van der Waals surface area contributed by atoms with Crippen LogP contribution in [0, 0.1) is 0 Å². The summed E-state index contributed by atoms with van der Waals surface area (Å²) in [5.74, 6) is -1.87. The Labute approximate surface area is 79.4 Å². The van der Waals surface area contributed by atoms with Gasteiger partial charge in [0.25, 0.3) is 0 Å². The quantitative estimate of drug-likeness (QED) is 0.392. The summed E-state index contributed by atoms with van der Waals surface area (Å²) in [6, 6.07) is 0. The summed E-state index contributed by atoms with van der Waals surface area (Å²) in [6.45, 7) is 7.08. The average molecular weight is 186 g/mol. The zero-order valence-corrected chi connectivity index (χ0v) is 8.38. The van der Waals surface area contributed by atoms with Crippen LogP contribution in [0.3, 0.4) is 0 Å². The first-order valence-corrected chi connectivity index (χ1v) is 4.65. The molecular weight excluding hydrogens is 168 g/mol. The summed E-state index contributed by atoms with van der Waals surface area (Å²) in [5.41, 5.74) is 0. The van der Waals surface area contributed by atoms with Gasteiger partial charge in [-0.2, -0.15) is 0 Å². The molecule has 0 aliphatic rings. The molecule has 0 heterocycles. The number of unbranched alkanes of at least 4 members (excludes halogenated alkanes) is 1. The Balaban J connectivity index is 4.09. The molecular formula is C10H18O3. The molecule has 3 heteroatoms. The third kappa shape index (κ3) is 4.68. The number of esters is 1. The Morgan fingerprint density at radius 1 is 1.62 bits per heavy atom. The summed E-state index contributed by atoms with van der Waals surface area (Å²) < 4.78 is 4.84. The Morgan fingerprint density at radius 2 is 2.23 bits per heavy atom. The van der Waals surface area contributed by atoms with Gasteiger partial charge in [0, 0.05) is 18.9 Å². The van der Waals surface area contributed by atoms with E-state index < -0.39 is 11.8 Å². The minimum atomic E-state index is -1.30. The van der Waals surface area contributed by atoms with Crippen molar-refractivity contribution in [2.45, 2.75) is 45.3 Å². The molecule has 0 bridgehead atoms. The van der Waals surface area contributed by atoms with Crippen LogP contribution in [-0.4, -0.2) is 16.9 Å². The molecule has 1 unspecified atom stereocenters. The SMILES string of the molecule is C=CC(=O)OC(O)(CC)CCCC. The number of hydrogen-bond acceptors (Lipinski definition) is 3. The van der Waals surface area contributed by atoms with Gasteiger partial charge in [0.1, 0.15) is 0 Å². The van der Waals surface area contributed by atoms with Crippen molar-refractivity contribution in [1.29, 1.82) is 0 Å². The molecule has 1 N–H and O–H groups in total. The lowest BCUT2D eigenvalue weighted by molar-refractivity contribution is -0.208. The molecule has 0 saturated carbocycles. The van der Waals surface area contributed by atoms with Gasteiger partial charge in [0.05, 0.1) is 0 Å². The molecule has 76 valence electrons. The molecule has 0 spiro atoms. The minimum Gasteiger partial charge on any atom is -0.430 e. The van der Waals surface area contributed by atoms with Gasteiger partial charge in [0.2, 0.25) is 5.79 Å². The van der Waals surface area contributed by atoms with Crippen LogP contribution in [0.4, 0.5) is 0 Å².